The minimum atomic E-state index is -0.307. The minimum absolute atomic E-state index is 0.00153. The molecule has 3 heteroatoms. The van der Waals surface area contributed by atoms with Gasteiger partial charge < -0.3 is 15.3 Å². The molecule has 0 aromatic heterocycles. The Hall–Kier alpha value is -2.16. The molecule has 2 aromatic carbocycles. The number of rotatable bonds is 2. The summed E-state index contributed by atoms with van der Waals surface area (Å²) in [5.74, 6) is -0.494. The average Bonchev–Trinajstić information content (AvgIpc) is 2.34. The van der Waals surface area contributed by atoms with Gasteiger partial charge >= 0.3 is 0 Å². The van der Waals surface area contributed by atoms with Crippen molar-refractivity contribution in [3.8, 4) is 28.4 Å². The molecule has 88 valence electrons. The van der Waals surface area contributed by atoms with Gasteiger partial charge in [-0.1, -0.05) is 37.3 Å². The summed E-state index contributed by atoms with van der Waals surface area (Å²) in [4.78, 5) is 0. The standard InChI is InChI=1S/C14H14O3/c1-2-10-11(15)8-12(16)14(17)13(10)9-6-4-3-5-7-9/h3-8,15-17H,2H2,1H3. The van der Waals surface area contributed by atoms with Gasteiger partial charge in [0.15, 0.2) is 11.5 Å². The van der Waals surface area contributed by atoms with Gasteiger partial charge in [0.1, 0.15) is 5.75 Å². The first-order valence-corrected chi connectivity index (χ1v) is 5.47. The summed E-state index contributed by atoms with van der Waals surface area (Å²) in [6, 6.07) is 10.4. The molecule has 0 aliphatic heterocycles. The van der Waals surface area contributed by atoms with Crippen LogP contribution < -0.4 is 0 Å². The lowest BCUT2D eigenvalue weighted by Gasteiger charge is -2.13. The Kier molecular flexibility index (Phi) is 2.91. The van der Waals surface area contributed by atoms with Crippen LogP contribution >= 0.6 is 0 Å². The molecule has 2 aromatic rings. The monoisotopic (exact) mass is 230 g/mol. The molecule has 2 rings (SSSR count). The molecule has 3 nitrogen and oxygen atoms in total. The Labute approximate surface area is 99.6 Å². The molecule has 17 heavy (non-hydrogen) atoms. The van der Waals surface area contributed by atoms with Crippen molar-refractivity contribution in [3.05, 3.63) is 42.0 Å². The van der Waals surface area contributed by atoms with E-state index in [0.29, 0.717) is 17.5 Å². The SMILES string of the molecule is CCc1c(O)cc(O)c(O)c1-c1ccccc1. The van der Waals surface area contributed by atoms with Crippen molar-refractivity contribution in [2.75, 3.05) is 0 Å². The first-order valence-electron chi connectivity index (χ1n) is 5.47. The lowest BCUT2D eigenvalue weighted by Crippen LogP contribution is -1.90. The Morgan fingerprint density at radius 2 is 1.59 bits per heavy atom. The summed E-state index contributed by atoms with van der Waals surface area (Å²) in [5, 5.41) is 29.3. The van der Waals surface area contributed by atoms with Crippen LogP contribution in [-0.2, 0) is 6.42 Å². The highest BCUT2D eigenvalue weighted by Gasteiger charge is 2.17. The van der Waals surface area contributed by atoms with Gasteiger partial charge in [-0.3, -0.25) is 0 Å². The first kappa shape index (κ1) is 11.3. The minimum Gasteiger partial charge on any atom is -0.508 e. The molecule has 0 unspecified atom stereocenters. The van der Waals surface area contributed by atoms with Crippen molar-refractivity contribution in [2.24, 2.45) is 0 Å². The Morgan fingerprint density at radius 3 is 2.18 bits per heavy atom. The lowest BCUT2D eigenvalue weighted by atomic mass is 9.95. The van der Waals surface area contributed by atoms with Gasteiger partial charge in [-0.15, -0.1) is 0 Å². The van der Waals surface area contributed by atoms with E-state index in [1.54, 1.807) is 0 Å². The molecule has 0 aliphatic rings. The van der Waals surface area contributed by atoms with Crippen LogP contribution in [0.2, 0.25) is 0 Å². The van der Waals surface area contributed by atoms with Gasteiger partial charge in [0.25, 0.3) is 0 Å². The van der Waals surface area contributed by atoms with Crippen molar-refractivity contribution >= 4 is 0 Å². The van der Waals surface area contributed by atoms with Crippen LogP contribution in [0.15, 0.2) is 36.4 Å². The fourth-order valence-corrected chi connectivity index (χ4v) is 1.96. The average molecular weight is 230 g/mol. The second-order valence-corrected chi connectivity index (χ2v) is 3.84. The molecule has 0 radical (unpaired) electrons. The summed E-state index contributed by atoms with van der Waals surface area (Å²) in [7, 11) is 0. The number of hydrogen-bond donors (Lipinski definition) is 3. The van der Waals surface area contributed by atoms with Crippen LogP contribution in [0.25, 0.3) is 11.1 Å². The molecule has 0 atom stereocenters. The Balaban J connectivity index is 2.75. The molecule has 0 amide bonds. The number of hydrogen-bond acceptors (Lipinski definition) is 3. The van der Waals surface area contributed by atoms with Crippen molar-refractivity contribution in [3.63, 3.8) is 0 Å². The summed E-state index contributed by atoms with van der Waals surface area (Å²) in [6.07, 6.45) is 0.573. The lowest BCUT2D eigenvalue weighted by molar-refractivity contribution is 0.396. The van der Waals surface area contributed by atoms with E-state index in [1.165, 1.54) is 6.07 Å². The number of phenolic OH excluding ortho intramolecular Hbond substituents is 3. The molecule has 0 aliphatic carbocycles. The van der Waals surface area contributed by atoms with Gasteiger partial charge in [0, 0.05) is 17.2 Å². The fourth-order valence-electron chi connectivity index (χ4n) is 1.96. The first-order chi connectivity index (χ1) is 8.15. The fraction of sp³-hybridized carbons (Fsp3) is 0.143. The van der Waals surface area contributed by atoms with Crippen molar-refractivity contribution in [1.82, 2.24) is 0 Å². The highest BCUT2D eigenvalue weighted by atomic mass is 16.3. The van der Waals surface area contributed by atoms with Gasteiger partial charge in [-0.25, -0.2) is 0 Å². The quantitative estimate of drug-likeness (QED) is 0.549. The number of benzene rings is 2. The zero-order valence-corrected chi connectivity index (χ0v) is 9.51. The summed E-state index contributed by atoms with van der Waals surface area (Å²) >= 11 is 0. The van der Waals surface area contributed by atoms with Gasteiger partial charge in [0.05, 0.1) is 0 Å². The molecule has 0 saturated carbocycles. The van der Waals surface area contributed by atoms with Crippen molar-refractivity contribution in [1.29, 1.82) is 0 Å². The second kappa shape index (κ2) is 4.37. The van der Waals surface area contributed by atoms with Crippen LogP contribution in [0.5, 0.6) is 17.2 Å². The van der Waals surface area contributed by atoms with Crippen molar-refractivity contribution in [2.45, 2.75) is 13.3 Å². The van der Waals surface area contributed by atoms with E-state index in [2.05, 4.69) is 0 Å². The maximum atomic E-state index is 9.93. The largest absolute Gasteiger partial charge is 0.508 e. The Bertz CT molecular complexity index is 533. The summed E-state index contributed by atoms with van der Waals surface area (Å²) in [6.45, 7) is 1.89. The normalized spacial score (nSPS) is 10.4. The van der Waals surface area contributed by atoms with Crippen LogP contribution in [-0.4, -0.2) is 15.3 Å². The zero-order chi connectivity index (χ0) is 12.4. The van der Waals surface area contributed by atoms with E-state index in [1.807, 2.05) is 37.3 Å². The van der Waals surface area contributed by atoms with Gasteiger partial charge in [-0.2, -0.15) is 0 Å². The van der Waals surface area contributed by atoms with Crippen molar-refractivity contribution < 1.29 is 15.3 Å². The molecule has 0 spiro atoms. The van der Waals surface area contributed by atoms with E-state index in [0.717, 1.165) is 5.56 Å². The number of phenols is 3. The summed E-state index contributed by atoms with van der Waals surface area (Å²) in [5.41, 5.74) is 1.89. The third kappa shape index (κ3) is 1.91. The molecule has 0 fully saturated rings. The summed E-state index contributed by atoms with van der Waals surface area (Å²) < 4.78 is 0. The van der Waals surface area contributed by atoms with Crippen LogP contribution in [0.4, 0.5) is 0 Å². The smallest absolute Gasteiger partial charge is 0.165 e. The second-order valence-electron chi connectivity index (χ2n) is 3.84. The molecule has 0 bridgehead atoms. The van der Waals surface area contributed by atoms with Gasteiger partial charge in [0.2, 0.25) is 0 Å². The topological polar surface area (TPSA) is 60.7 Å². The maximum absolute atomic E-state index is 9.93. The third-order valence-corrected chi connectivity index (χ3v) is 2.78. The maximum Gasteiger partial charge on any atom is 0.165 e. The number of aromatic hydroxyl groups is 3. The Morgan fingerprint density at radius 1 is 0.941 bits per heavy atom. The van der Waals surface area contributed by atoms with E-state index in [-0.39, 0.29) is 17.2 Å². The van der Waals surface area contributed by atoms with Gasteiger partial charge in [-0.05, 0) is 12.0 Å². The molecule has 3 N–H and O–H groups in total. The molecular formula is C14H14O3. The van der Waals surface area contributed by atoms with E-state index in [4.69, 9.17) is 0 Å². The van der Waals surface area contributed by atoms with Crippen LogP contribution in [0, 0.1) is 0 Å². The van der Waals surface area contributed by atoms with Crippen LogP contribution in [0.1, 0.15) is 12.5 Å². The predicted octanol–water partition coefficient (Wildman–Crippen LogP) is 3.03. The third-order valence-electron chi connectivity index (χ3n) is 2.78. The molecular weight excluding hydrogens is 216 g/mol. The van der Waals surface area contributed by atoms with E-state index >= 15 is 0 Å². The van der Waals surface area contributed by atoms with E-state index in [9.17, 15) is 15.3 Å². The highest BCUT2D eigenvalue weighted by Crippen LogP contribution is 2.43. The zero-order valence-electron chi connectivity index (χ0n) is 9.51. The predicted molar refractivity (Wildman–Crippen MR) is 66.3 cm³/mol. The molecule has 0 saturated heterocycles. The molecule has 0 heterocycles. The van der Waals surface area contributed by atoms with E-state index < -0.39 is 0 Å². The van der Waals surface area contributed by atoms with Crippen LogP contribution in [0.3, 0.4) is 0 Å². The highest BCUT2D eigenvalue weighted by molar-refractivity contribution is 5.79.